The molecule has 0 bridgehead atoms. The Labute approximate surface area is 161 Å². The Kier molecular flexibility index (Phi) is 6.52. The van der Waals surface area contributed by atoms with Gasteiger partial charge in [0, 0.05) is 13.6 Å². The van der Waals surface area contributed by atoms with Gasteiger partial charge in [0.25, 0.3) is 0 Å². The molecule has 1 aliphatic rings. The number of hydrogen-bond acceptors (Lipinski definition) is 5. The first-order chi connectivity index (χ1) is 12.3. The summed E-state index contributed by atoms with van der Waals surface area (Å²) < 4.78 is 25.6. The fourth-order valence-electron chi connectivity index (χ4n) is 3.30. The van der Waals surface area contributed by atoms with Gasteiger partial charge in [-0.15, -0.1) is 4.36 Å². The molecule has 0 saturated heterocycles. The van der Waals surface area contributed by atoms with Gasteiger partial charge in [0.15, 0.2) is 5.11 Å². The van der Waals surface area contributed by atoms with Gasteiger partial charge in [-0.1, -0.05) is 32.4 Å². The smallest absolute Gasteiger partial charge is 0.316 e. The Bertz CT molecular complexity index is 843. The van der Waals surface area contributed by atoms with Gasteiger partial charge in [-0.25, -0.2) is 0 Å². The first-order valence-electron chi connectivity index (χ1n) is 8.73. The van der Waals surface area contributed by atoms with Crippen molar-refractivity contribution < 1.29 is 13.2 Å². The van der Waals surface area contributed by atoms with E-state index in [0.717, 1.165) is 24.0 Å². The topological polar surface area (TPSA) is 78.8 Å². The van der Waals surface area contributed by atoms with Crippen LogP contribution in [0.25, 0.3) is 0 Å². The van der Waals surface area contributed by atoms with E-state index in [4.69, 9.17) is 12.2 Å². The second kappa shape index (κ2) is 8.26. The molecule has 26 heavy (non-hydrogen) atoms. The lowest BCUT2D eigenvalue weighted by molar-refractivity contribution is -0.130. The molecule has 6 nitrogen and oxygen atoms in total. The van der Waals surface area contributed by atoms with Crippen LogP contribution in [-0.4, -0.2) is 37.9 Å². The average molecular weight is 396 g/mol. The van der Waals surface area contributed by atoms with Crippen molar-refractivity contribution in [1.29, 1.82) is 0 Å². The third-order valence-corrected chi connectivity index (χ3v) is 5.80. The largest absolute Gasteiger partial charge is 0.365 e. The molecular weight excluding hydrogens is 370 g/mol. The Hall–Kier alpha value is -1.80. The highest BCUT2D eigenvalue weighted by Crippen LogP contribution is 2.56. The zero-order chi connectivity index (χ0) is 19.5. The second-order valence-electron chi connectivity index (χ2n) is 6.75. The number of rotatable bonds is 6. The SMILES string of the molecule is CCCCN(C(=O)C1(c2ccc(C)c(N=S(=O)=O)c2)CC1C)C(=S)NC. The summed E-state index contributed by atoms with van der Waals surface area (Å²) in [6.07, 6.45) is 2.53. The number of hydrogen-bond donors (Lipinski definition) is 1. The highest BCUT2D eigenvalue weighted by atomic mass is 32.2. The molecule has 2 unspecified atom stereocenters. The first-order valence-corrected chi connectivity index (χ1v) is 10.2. The minimum absolute atomic E-state index is 0.0316. The maximum atomic E-state index is 13.4. The van der Waals surface area contributed by atoms with Crippen molar-refractivity contribution in [3.8, 4) is 0 Å². The van der Waals surface area contributed by atoms with Crippen LogP contribution in [0, 0.1) is 12.8 Å². The van der Waals surface area contributed by atoms with Crippen LogP contribution in [0.1, 0.15) is 44.2 Å². The molecule has 1 amide bonds. The third kappa shape index (κ3) is 3.96. The maximum Gasteiger partial charge on any atom is 0.316 e. The number of nitrogens with one attached hydrogen (secondary N) is 1. The van der Waals surface area contributed by atoms with E-state index in [9.17, 15) is 13.2 Å². The molecule has 1 aromatic rings. The van der Waals surface area contributed by atoms with Gasteiger partial charge in [0.05, 0.1) is 11.1 Å². The van der Waals surface area contributed by atoms with Crippen molar-refractivity contribution in [1.82, 2.24) is 10.2 Å². The second-order valence-corrected chi connectivity index (χ2v) is 7.76. The number of amides is 1. The van der Waals surface area contributed by atoms with E-state index in [1.165, 1.54) is 0 Å². The molecule has 0 aromatic heterocycles. The molecule has 0 heterocycles. The van der Waals surface area contributed by atoms with Gasteiger partial charge < -0.3 is 5.32 Å². The van der Waals surface area contributed by atoms with E-state index in [-0.39, 0.29) is 11.8 Å². The number of nitrogens with zero attached hydrogens (tertiary/aromatic N) is 2. The molecule has 1 fully saturated rings. The molecule has 1 aromatic carbocycles. The Morgan fingerprint density at radius 1 is 1.46 bits per heavy atom. The fraction of sp³-hybridized carbons (Fsp3) is 0.556. The van der Waals surface area contributed by atoms with Crippen LogP contribution >= 0.6 is 12.2 Å². The van der Waals surface area contributed by atoms with E-state index in [1.807, 2.05) is 19.1 Å². The van der Waals surface area contributed by atoms with Gasteiger partial charge in [-0.05, 0) is 55.1 Å². The molecule has 2 rings (SSSR count). The maximum absolute atomic E-state index is 13.4. The number of benzene rings is 1. The minimum Gasteiger partial charge on any atom is -0.365 e. The molecule has 1 N–H and O–H groups in total. The molecule has 0 radical (unpaired) electrons. The van der Waals surface area contributed by atoms with E-state index in [1.54, 1.807) is 24.9 Å². The molecule has 1 aliphatic carbocycles. The van der Waals surface area contributed by atoms with Crippen LogP contribution in [0.2, 0.25) is 0 Å². The third-order valence-electron chi connectivity index (χ3n) is 5.03. The summed E-state index contributed by atoms with van der Waals surface area (Å²) in [5.41, 5.74) is 1.25. The van der Waals surface area contributed by atoms with Gasteiger partial charge in [0.2, 0.25) is 5.91 Å². The van der Waals surface area contributed by atoms with E-state index in [2.05, 4.69) is 16.6 Å². The summed E-state index contributed by atoms with van der Waals surface area (Å²) >= 11 is 5.35. The molecular formula is C18H25N3O3S2. The van der Waals surface area contributed by atoms with Crippen LogP contribution in [-0.2, 0) is 20.7 Å². The van der Waals surface area contributed by atoms with E-state index < -0.39 is 15.9 Å². The molecule has 0 aliphatic heterocycles. The van der Waals surface area contributed by atoms with Crippen molar-refractivity contribution >= 4 is 39.4 Å². The van der Waals surface area contributed by atoms with Crippen molar-refractivity contribution in [2.45, 2.75) is 45.4 Å². The van der Waals surface area contributed by atoms with E-state index >= 15 is 0 Å². The zero-order valence-electron chi connectivity index (χ0n) is 15.6. The monoisotopic (exact) mass is 395 g/mol. The number of carbonyl (C=O) groups excluding carboxylic acids is 1. The van der Waals surface area contributed by atoms with Crippen molar-refractivity contribution in [3.63, 3.8) is 0 Å². The van der Waals surface area contributed by atoms with Crippen LogP contribution in [0.5, 0.6) is 0 Å². The normalized spacial score (nSPS) is 21.0. The standard InChI is InChI=1S/C18H25N3O3S2/c1-5-6-9-21(17(25)19-4)16(22)18(11-13(18)3)14-8-7-12(2)15(10-14)20-26(23)24/h7-8,10,13H,5-6,9,11H2,1-4H3,(H,19,25). The van der Waals surface area contributed by atoms with Gasteiger partial charge >= 0.3 is 10.5 Å². The van der Waals surface area contributed by atoms with Crippen LogP contribution in [0.3, 0.4) is 0 Å². The number of unbranched alkanes of at least 4 members (excludes halogenated alkanes) is 1. The summed E-state index contributed by atoms with van der Waals surface area (Å²) in [6.45, 7) is 6.46. The zero-order valence-corrected chi connectivity index (χ0v) is 17.2. The molecule has 1 saturated carbocycles. The van der Waals surface area contributed by atoms with Gasteiger partial charge in [-0.2, -0.15) is 8.42 Å². The number of aryl methyl sites for hydroxylation is 1. The predicted molar refractivity (Wildman–Crippen MR) is 106 cm³/mol. The lowest BCUT2D eigenvalue weighted by atomic mass is 9.90. The number of thiocarbonyl (C=S) groups is 1. The van der Waals surface area contributed by atoms with Gasteiger partial charge in [0.1, 0.15) is 0 Å². The lowest BCUT2D eigenvalue weighted by Crippen LogP contribution is -2.48. The Morgan fingerprint density at radius 3 is 2.62 bits per heavy atom. The number of carbonyl (C=O) groups is 1. The minimum atomic E-state index is -2.53. The fourth-order valence-corrected chi connectivity index (χ4v) is 3.83. The van der Waals surface area contributed by atoms with Crippen molar-refractivity contribution in [2.24, 2.45) is 10.3 Å². The van der Waals surface area contributed by atoms with E-state index in [0.29, 0.717) is 23.8 Å². The summed E-state index contributed by atoms with van der Waals surface area (Å²) in [4.78, 5) is 15.1. The molecule has 8 heteroatoms. The Balaban J connectivity index is 2.46. The summed E-state index contributed by atoms with van der Waals surface area (Å²) in [6, 6.07) is 5.42. The molecule has 0 spiro atoms. The van der Waals surface area contributed by atoms with Crippen LogP contribution in [0.4, 0.5) is 5.69 Å². The highest BCUT2D eigenvalue weighted by Gasteiger charge is 2.60. The highest BCUT2D eigenvalue weighted by molar-refractivity contribution is 7.80. The van der Waals surface area contributed by atoms with Crippen LogP contribution in [0.15, 0.2) is 22.6 Å². The van der Waals surface area contributed by atoms with Crippen molar-refractivity contribution in [3.05, 3.63) is 29.3 Å². The van der Waals surface area contributed by atoms with Crippen LogP contribution < -0.4 is 5.32 Å². The summed E-state index contributed by atoms with van der Waals surface area (Å²) in [5, 5.41) is 3.32. The molecule has 2 atom stereocenters. The molecule has 142 valence electrons. The lowest BCUT2D eigenvalue weighted by Gasteiger charge is -2.28. The first kappa shape index (κ1) is 20.5. The van der Waals surface area contributed by atoms with Gasteiger partial charge in [-0.3, -0.25) is 9.69 Å². The summed E-state index contributed by atoms with van der Waals surface area (Å²) in [7, 11) is -0.822. The quantitative estimate of drug-likeness (QED) is 0.749. The Morgan fingerprint density at radius 2 is 2.12 bits per heavy atom. The van der Waals surface area contributed by atoms with Crippen molar-refractivity contribution in [2.75, 3.05) is 13.6 Å². The summed E-state index contributed by atoms with van der Waals surface area (Å²) in [5.74, 6) is 0.128. The average Bonchev–Trinajstić information content (AvgIpc) is 3.28. The predicted octanol–water partition coefficient (Wildman–Crippen LogP) is 3.10.